The lowest BCUT2D eigenvalue weighted by Gasteiger charge is -2.24. The number of rotatable bonds is 7. The molecule has 2 heterocycles. The van der Waals surface area contributed by atoms with Crippen molar-refractivity contribution in [1.29, 1.82) is 0 Å². The van der Waals surface area contributed by atoms with Crippen LogP contribution < -0.4 is 31.6 Å². The molecular weight excluding hydrogens is 410 g/mol. The lowest BCUT2D eigenvalue weighted by atomic mass is 10.0. The summed E-state index contributed by atoms with van der Waals surface area (Å²) in [6.07, 6.45) is 8.67. The summed E-state index contributed by atoms with van der Waals surface area (Å²) < 4.78 is 12.4. The molecule has 1 unspecified atom stereocenters. The molecule has 1 aliphatic carbocycles. The predicted molar refractivity (Wildman–Crippen MR) is 123 cm³/mol. The highest BCUT2D eigenvalue weighted by Crippen LogP contribution is 2.31. The molecule has 1 saturated carbocycles. The summed E-state index contributed by atoms with van der Waals surface area (Å²) >= 11 is 0. The fraction of sp³-hybridized carbons (Fsp3) is 0.409. The van der Waals surface area contributed by atoms with Crippen molar-refractivity contribution in [2.75, 3.05) is 24.9 Å². The van der Waals surface area contributed by atoms with Crippen molar-refractivity contribution in [2.45, 2.75) is 44.2 Å². The topological polar surface area (TPSA) is 142 Å². The van der Waals surface area contributed by atoms with Crippen LogP contribution in [0.25, 0.3) is 5.65 Å². The Kier molecular flexibility index (Phi) is 6.31. The summed E-state index contributed by atoms with van der Waals surface area (Å²) in [5.41, 5.74) is 13.4. The Bertz CT molecular complexity index is 1090. The molecule has 1 aromatic carbocycles. The molecule has 1 aliphatic rings. The van der Waals surface area contributed by atoms with E-state index < -0.39 is 5.91 Å². The zero-order chi connectivity index (χ0) is 22.7. The zero-order valence-corrected chi connectivity index (χ0v) is 18.3. The number of benzene rings is 1. The minimum absolute atomic E-state index is 0.0211. The summed E-state index contributed by atoms with van der Waals surface area (Å²) in [5.74, 6) is 1.39. The Morgan fingerprint density at radius 3 is 2.53 bits per heavy atom. The summed E-state index contributed by atoms with van der Waals surface area (Å²) in [6, 6.07) is 5.40. The molecule has 10 heteroatoms. The number of methoxy groups -OCH3 is 2. The number of fused-ring (bicyclic) bond motifs is 1. The van der Waals surface area contributed by atoms with Gasteiger partial charge in [0.05, 0.1) is 14.2 Å². The number of imidazole rings is 1. The Labute approximate surface area is 186 Å². The third kappa shape index (κ3) is 4.40. The van der Waals surface area contributed by atoms with Crippen LogP contribution in [0.3, 0.4) is 0 Å². The number of carbonyl (C=O) groups is 1. The van der Waals surface area contributed by atoms with Gasteiger partial charge in [0, 0.05) is 48.4 Å². The number of primary amides is 1. The zero-order valence-electron chi connectivity index (χ0n) is 18.3. The molecule has 10 nitrogen and oxygen atoms in total. The van der Waals surface area contributed by atoms with Crippen molar-refractivity contribution in [2.24, 2.45) is 11.5 Å². The Hall–Kier alpha value is -3.53. The minimum Gasteiger partial charge on any atom is -0.497 e. The van der Waals surface area contributed by atoms with Crippen molar-refractivity contribution in [1.82, 2.24) is 14.4 Å². The number of hydrogen-bond acceptors (Lipinski definition) is 8. The molecule has 4 rings (SSSR count). The van der Waals surface area contributed by atoms with E-state index >= 15 is 0 Å². The van der Waals surface area contributed by atoms with Crippen LogP contribution in [-0.4, -0.2) is 46.6 Å². The first-order valence-electron chi connectivity index (χ1n) is 10.7. The van der Waals surface area contributed by atoms with E-state index in [1.54, 1.807) is 49.2 Å². The second kappa shape index (κ2) is 9.31. The Morgan fingerprint density at radius 2 is 1.84 bits per heavy atom. The van der Waals surface area contributed by atoms with Crippen LogP contribution in [0, 0.1) is 0 Å². The Balaban J connectivity index is 1.78. The van der Waals surface area contributed by atoms with Crippen LogP contribution in [0.2, 0.25) is 0 Å². The molecular formula is C22H29N7O3. The van der Waals surface area contributed by atoms with Crippen molar-refractivity contribution in [3.05, 3.63) is 36.2 Å². The molecule has 32 heavy (non-hydrogen) atoms. The van der Waals surface area contributed by atoms with E-state index in [9.17, 15) is 4.79 Å². The quantitative estimate of drug-likeness (QED) is 0.412. The summed E-state index contributed by atoms with van der Waals surface area (Å²) in [6.45, 7) is 0. The van der Waals surface area contributed by atoms with E-state index in [1.807, 2.05) is 0 Å². The normalized spacial score (nSPS) is 18.7. The maximum absolute atomic E-state index is 12.4. The van der Waals surface area contributed by atoms with Gasteiger partial charge in [0.2, 0.25) is 5.95 Å². The third-order valence-electron chi connectivity index (χ3n) is 5.79. The number of nitrogens with zero attached hydrogens (tertiary/aromatic N) is 3. The molecule has 170 valence electrons. The Morgan fingerprint density at radius 1 is 1.12 bits per heavy atom. The van der Waals surface area contributed by atoms with Gasteiger partial charge in [-0.25, -0.2) is 4.98 Å². The largest absolute Gasteiger partial charge is 0.497 e. The van der Waals surface area contributed by atoms with E-state index in [-0.39, 0.29) is 23.5 Å². The molecule has 0 saturated heterocycles. The number of ether oxygens (including phenoxy) is 2. The highest BCUT2D eigenvalue weighted by Gasteiger charge is 2.24. The van der Waals surface area contributed by atoms with Crippen molar-refractivity contribution in [3.63, 3.8) is 0 Å². The third-order valence-corrected chi connectivity index (χ3v) is 5.79. The second-order valence-corrected chi connectivity index (χ2v) is 7.92. The highest BCUT2D eigenvalue weighted by molar-refractivity contribution is 6.04. The van der Waals surface area contributed by atoms with Crippen LogP contribution in [0.15, 0.2) is 30.6 Å². The first-order valence-corrected chi connectivity index (χ1v) is 10.7. The van der Waals surface area contributed by atoms with Gasteiger partial charge in [0.15, 0.2) is 11.5 Å². The second-order valence-electron chi connectivity index (χ2n) is 7.92. The molecule has 6 N–H and O–H groups in total. The van der Waals surface area contributed by atoms with E-state index in [2.05, 4.69) is 15.6 Å². The van der Waals surface area contributed by atoms with Crippen LogP contribution in [0.4, 0.5) is 17.5 Å². The average Bonchev–Trinajstić information content (AvgIpc) is 3.18. The maximum Gasteiger partial charge on any atom is 0.256 e. The number of amides is 1. The van der Waals surface area contributed by atoms with Crippen LogP contribution >= 0.6 is 0 Å². The van der Waals surface area contributed by atoms with Gasteiger partial charge in [-0.3, -0.25) is 9.20 Å². The van der Waals surface area contributed by atoms with Crippen molar-refractivity contribution >= 4 is 29.0 Å². The van der Waals surface area contributed by atoms with E-state index in [0.717, 1.165) is 25.7 Å². The van der Waals surface area contributed by atoms with Gasteiger partial charge in [-0.15, -0.1) is 0 Å². The van der Waals surface area contributed by atoms with E-state index in [1.165, 1.54) is 6.42 Å². The van der Waals surface area contributed by atoms with Gasteiger partial charge in [-0.2, -0.15) is 4.98 Å². The molecule has 1 amide bonds. The number of nitrogens with two attached hydrogens (primary N) is 2. The van der Waals surface area contributed by atoms with Crippen molar-refractivity contribution in [3.8, 4) is 11.5 Å². The number of hydrogen-bond donors (Lipinski definition) is 4. The van der Waals surface area contributed by atoms with Crippen molar-refractivity contribution < 1.29 is 14.3 Å². The van der Waals surface area contributed by atoms with Gasteiger partial charge in [0.1, 0.15) is 17.1 Å². The first kappa shape index (κ1) is 21.7. The summed E-state index contributed by atoms with van der Waals surface area (Å²) in [7, 11) is 3.14. The minimum atomic E-state index is -0.635. The lowest BCUT2D eigenvalue weighted by Crippen LogP contribution is -2.40. The fourth-order valence-corrected chi connectivity index (χ4v) is 4.10. The molecule has 0 bridgehead atoms. The molecule has 0 spiro atoms. The molecule has 1 fully saturated rings. The van der Waals surface area contributed by atoms with Gasteiger partial charge in [-0.1, -0.05) is 19.3 Å². The lowest BCUT2D eigenvalue weighted by molar-refractivity contribution is 0.100. The molecule has 3 aromatic rings. The van der Waals surface area contributed by atoms with Crippen LogP contribution in [0.1, 0.15) is 42.5 Å². The number of aromatic nitrogens is 3. The van der Waals surface area contributed by atoms with Gasteiger partial charge >= 0.3 is 0 Å². The van der Waals surface area contributed by atoms with Crippen LogP contribution in [-0.2, 0) is 0 Å². The number of anilines is 3. The van der Waals surface area contributed by atoms with E-state index in [4.69, 9.17) is 25.9 Å². The number of nitrogens with one attached hydrogen (secondary N) is 2. The maximum atomic E-state index is 12.4. The standard InChI is InChI=1S/C22H29N7O3/c1-31-14-10-13(11-15(12-14)32-2)26-20-18(19(24)30)21-25-8-9-29(21)22(28-20)27-17-7-5-3-4-6-16(17)23/h8-12,16-17,26H,3-7,23H2,1-2H3,(H2,24,30)(H,27,28)/t16-,17?/m1/s1. The molecule has 0 aliphatic heterocycles. The van der Waals surface area contributed by atoms with Gasteiger partial charge < -0.3 is 31.6 Å². The highest BCUT2D eigenvalue weighted by atomic mass is 16.5. The summed E-state index contributed by atoms with van der Waals surface area (Å²) in [5, 5.41) is 6.67. The first-order chi connectivity index (χ1) is 15.5. The fourth-order valence-electron chi connectivity index (χ4n) is 4.10. The number of carbonyl (C=O) groups excluding carboxylic acids is 1. The smallest absolute Gasteiger partial charge is 0.256 e. The molecule has 2 atom stereocenters. The van der Waals surface area contributed by atoms with E-state index in [0.29, 0.717) is 28.8 Å². The predicted octanol–water partition coefficient (Wildman–Crippen LogP) is 2.66. The SMILES string of the molecule is COc1cc(Nc2nc(NC3CCCCC[C@H]3N)n3ccnc3c2C(N)=O)cc(OC)c1. The average molecular weight is 440 g/mol. The molecule has 2 aromatic heterocycles. The van der Waals surface area contributed by atoms with Gasteiger partial charge in [-0.05, 0) is 12.8 Å². The van der Waals surface area contributed by atoms with Crippen LogP contribution in [0.5, 0.6) is 11.5 Å². The monoisotopic (exact) mass is 439 g/mol. The molecule has 0 radical (unpaired) electrons. The summed E-state index contributed by atoms with van der Waals surface area (Å²) in [4.78, 5) is 21.5. The van der Waals surface area contributed by atoms with Gasteiger partial charge in [0.25, 0.3) is 5.91 Å².